The first-order chi connectivity index (χ1) is 22.3. The number of aromatic hydroxyl groups is 2. The van der Waals surface area contributed by atoms with E-state index in [0.717, 1.165) is 65.7 Å². The summed E-state index contributed by atoms with van der Waals surface area (Å²) in [4.78, 5) is 0. The minimum Gasteiger partial charge on any atom is -0.508 e. The number of rotatable bonds is 6. The third kappa shape index (κ3) is 5.16. The molecule has 10 heteroatoms. The first-order valence-electron chi connectivity index (χ1n) is 16.2. The molecule has 7 rings (SSSR count). The molecule has 246 valence electrons. The van der Waals surface area contributed by atoms with Crippen molar-refractivity contribution in [2.75, 3.05) is 33.2 Å². The van der Waals surface area contributed by atoms with Gasteiger partial charge in [-0.2, -0.15) is 0 Å². The molecule has 8 nitrogen and oxygen atoms in total. The normalized spacial score (nSPS) is 28.2. The van der Waals surface area contributed by atoms with Gasteiger partial charge in [-0.15, -0.1) is 0 Å². The van der Waals surface area contributed by atoms with Gasteiger partial charge >= 0.3 is 0 Å². The van der Waals surface area contributed by atoms with Crippen LogP contribution in [0.2, 0.25) is 0 Å². The fourth-order valence-electron chi connectivity index (χ4n) is 8.12. The summed E-state index contributed by atoms with van der Waals surface area (Å²) in [6.07, 6.45) is 4.43. The van der Waals surface area contributed by atoms with Gasteiger partial charge in [-0.1, -0.05) is 41.0 Å². The zero-order valence-electron chi connectivity index (χ0n) is 26.5. The van der Waals surface area contributed by atoms with Crippen molar-refractivity contribution in [3.05, 3.63) is 58.7 Å². The molecule has 0 aromatic heterocycles. The van der Waals surface area contributed by atoms with Gasteiger partial charge in [-0.3, -0.25) is 0 Å². The Bertz CT molecular complexity index is 1600. The maximum Gasteiger partial charge on any atom is 0.200 e. The van der Waals surface area contributed by atoms with Gasteiger partial charge in [-0.25, -0.2) is 0 Å². The SMILES string of the molecule is COc1cc([C@@]23CC[C@@H]4SSCC[C@H](C)CC[C@@H]5Cc6c(c(OCCO)cc(c6[C@@H]4[C@H]2O)O3)-c2ccc(O)cc25)cc(OC)c1O. The summed E-state index contributed by atoms with van der Waals surface area (Å²) < 4.78 is 24.4. The Morgan fingerprint density at radius 3 is 2.50 bits per heavy atom. The van der Waals surface area contributed by atoms with E-state index < -0.39 is 11.7 Å². The van der Waals surface area contributed by atoms with Gasteiger partial charge in [0.05, 0.1) is 20.8 Å². The predicted octanol–water partition coefficient (Wildman–Crippen LogP) is 6.89. The smallest absolute Gasteiger partial charge is 0.200 e. The fraction of sp³-hybridized carbons (Fsp3) is 0.500. The van der Waals surface area contributed by atoms with Crippen molar-refractivity contribution in [2.24, 2.45) is 5.92 Å². The molecule has 4 N–H and O–H groups in total. The van der Waals surface area contributed by atoms with Crippen LogP contribution >= 0.6 is 21.6 Å². The van der Waals surface area contributed by atoms with Crippen molar-refractivity contribution < 1.29 is 39.4 Å². The maximum absolute atomic E-state index is 12.6. The molecule has 2 aliphatic carbocycles. The van der Waals surface area contributed by atoms with Crippen LogP contribution in [0.15, 0.2) is 36.4 Å². The second-order valence-corrected chi connectivity index (χ2v) is 15.8. The Labute approximate surface area is 277 Å². The molecule has 0 unspecified atom stereocenters. The number of methoxy groups -OCH3 is 2. The molecule has 2 heterocycles. The van der Waals surface area contributed by atoms with Gasteiger partial charge in [0.25, 0.3) is 0 Å². The standard InChI is InChI=1S/C36H42O8S2/c1-19-4-5-20-14-25-31(23-7-6-22(38)17-24(20)23)26(43-12-11-37)18-27-32(25)33-30(46-45-13-9-19)8-10-36(44-27,35(33)40)21-15-28(41-2)34(39)29(16-21)42-3/h6-7,15-20,30,33,35,37-40H,4-5,8-14H2,1-3H3/t19-,20-,30+,33-,35-,36+/m1/s1. The van der Waals surface area contributed by atoms with Crippen molar-refractivity contribution in [1.82, 2.24) is 0 Å². The third-order valence-corrected chi connectivity index (χ3v) is 13.4. The van der Waals surface area contributed by atoms with Crippen LogP contribution in [-0.4, -0.2) is 65.0 Å². The Balaban J connectivity index is 1.48. The van der Waals surface area contributed by atoms with Crippen LogP contribution in [0.25, 0.3) is 11.1 Å². The average molecular weight is 667 g/mol. The molecule has 0 amide bonds. The van der Waals surface area contributed by atoms with Gasteiger partial charge in [0.15, 0.2) is 17.1 Å². The largest absolute Gasteiger partial charge is 0.508 e. The molecule has 0 radical (unpaired) electrons. The second kappa shape index (κ2) is 12.6. The zero-order valence-corrected chi connectivity index (χ0v) is 28.1. The minimum atomic E-state index is -1.11. The molecule has 0 saturated heterocycles. The van der Waals surface area contributed by atoms with E-state index in [1.54, 1.807) is 18.2 Å². The number of benzene rings is 3. The first-order valence-corrected chi connectivity index (χ1v) is 18.5. The van der Waals surface area contributed by atoms with E-state index in [-0.39, 0.29) is 53.3 Å². The lowest BCUT2D eigenvalue weighted by Gasteiger charge is -2.53. The Hall–Kier alpha value is -2.92. The molecule has 4 bridgehead atoms. The van der Waals surface area contributed by atoms with Crippen LogP contribution < -0.4 is 18.9 Å². The number of aliphatic hydroxyl groups excluding tert-OH is 2. The number of fused-ring (bicyclic) bond motifs is 5. The summed E-state index contributed by atoms with van der Waals surface area (Å²) in [6.45, 7) is 2.32. The van der Waals surface area contributed by atoms with Gasteiger partial charge < -0.3 is 39.4 Å². The van der Waals surface area contributed by atoms with Gasteiger partial charge in [0.1, 0.15) is 30.0 Å². The summed E-state index contributed by atoms with van der Waals surface area (Å²) in [5, 5.41) is 43.8. The monoisotopic (exact) mass is 666 g/mol. The van der Waals surface area contributed by atoms with Gasteiger partial charge in [-0.05, 0) is 84.9 Å². The molecule has 0 spiro atoms. The molecule has 46 heavy (non-hydrogen) atoms. The molecule has 3 aromatic rings. The van der Waals surface area contributed by atoms with E-state index >= 15 is 0 Å². The number of hydrogen-bond acceptors (Lipinski definition) is 10. The molecular weight excluding hydrogens is 625 g/mol. The first kappa shape index (κ1) is 31.7. The van der Waals surface area contributed by atoms with Crippen LogP contribution in [0.3, 0.4) is 0 Å². The zero-order chi connectivity index (χ0) is 32.2. The van der Waals surface area contributed by atoms with Gasteiger partial charge in [0.2, 0.25) is 5.75 Å². The molecular formula is C36H42O8S2. The van der Waals surface area contributed by atoms with Crippen LogP contribution in [0.1, 0.15) is 73.1 Å². The van der Waals surface area contributed by atoms with E-state index in [4.69, 9.17) is 18.9 Å². The highest BCUT2D eigenvalue weighted by Crippen LogP contribution is 2.62. The number of phenolic OH excluding ortho intramolecular Hbond substituents is 2. The average Bonchev–Trinajstić information content (AvgIpc) is 3.06. The van der Waals surface area contributed by atoms with Crippen LogP contribution in [0, 0.1) is 5.92 Å². The summed E-state index contributed by atoms with van der Waals surface area (Å²) in [6, 6.07) is 11.0. The highest BCUT2D eigenvalue weighted by molar-refractivity contribution is 8.76. The molecule has 2 aliphatic heterocycles. The third-order valence-electron chi connectivity index (χ3n) is 10.5. The molecule has 3 aromatic carbocycles. The summed E-state index contributed by atoms with van der Waals surface area (Å²) in [5.74, 6) is 3.51. The lowest BCUT2D eigenvalue weighted by molar-refractivity contribution is -0.111. The number of hydrogen-bond donors (Lipinski definition) is 4. The summed E-state index contributed by atoms with van der Waals surface area (Å²) in [7, 11) is 6.77. The van der Waals surface area contributed by atoms with Crippen molar-refractivity contribution in [1.29, 1.82) is 0 Å². The fourth-order valence-corrected chi connectivity index (χ4v) is 11.3. The van der Waals surface area contributed by atoms with Crippen LogP contribution in [-0.2, 0) is 12.0 Å². The Morgan fingerprint density at radius 2 is 1.76 bits per heavy atom. The lowest BCUT2D eigenvalue weighted by Crippen LogP contribution is -2.56. The van der Waals surface area contributed by atoms with E-state index in [0.29, 0.717) is 29.4 Å². The molecule has 6 atom stereocenters. The van der Waals surface area contributed by atoms with E-state index in [1.807, 2.05) is 39.8 Å². The van der Waals surface area contributed by atoms with Crippen molar-refractivity contribution >= 4 is 21.6 Å². The maximum atomic E-state index is 12.6. The minimum absolute atomic E-state index is 0.0997. The Kier molecular flexibility index (Phi) is 8.67. The van der Waals surface area contributed by atoms with Crippen LogP contribution in [0.4, 0.5) is 0 Å². The van der Waals surface area contributed by atoms with Crippen LogP contribution in [0.5, 0.6) is 34.5 Å². The summed E-state index contributed by atoms with van der Waals surface area (Å²) in [5.41, 5.74) is 4.81. The van der Waals surface area contributed by atoms with Crippen molar-refractivity contribution in [3.8, 4) is 45.6 Å². The second-order valence-electron chi connectivity index (χ2n) is 13.0. The number of phenols is 2. The highest BCUT2D eigenvalue weighted by atomic mass is 33.1. The highest BCUT2D eigenvalue weighted by Gasteiger charge is 2.58. The van der Waals surface area contributed by atoms with Crippen molar-refractivity contribution in [3.63, 3.8) is 0 Å². The van der Waals surface area contributed by atoms with E-state index in [1.165, 1.54) is 14.2 Å². The predicted molar refractivity (Wildman–Crippen MR) is 181 cm³/mol. The van der Waals surface area contributed by atoms with Gasteiger partial charge in [0, 0.05) is 39.7 Å². The van der Waals surface area contributed by atoms with Crippen molar-refractivity contribution in [2.45, 2.75) is 74.2 Å². The van der Waals surface area contributed by atoms with E-state index in [2.05, 4.69) is 6.92 Å². The molecule has 4 aliphatic rings. The molecule has 1 fully saturated rings. The number of aliphatic hydroxyl groups is 2. The topological polar surface area (TPSA) is 118 Å². The quantitative estimate of drug-likeness (QED) is 0.207. The number of ether oxygens (including phenoxy) is 4. The Morgan fingerprint density at radius 1 is 0.978 bits per heavy atom. The van der Waals surface area contributed by atoms with E-state index in [9.17, 15) is 20.4 Å². The molecule has 1 saturated carbocycles. The summed E-state index contributed by atoms with van der Waals surface area (Å²) >= 11 is 0. The lowest BCUT2D eigenvalue weighted by atomic mass is 9.64.